The maximum atomic E-state index is 4.51. The van der Waals surface area contributed by atoms with Crippen LogP contribution in [0.2, 0.25) is 0 Å². The maximum absolute atomic E-state index is 4.51. The molecule has 1 atom stereocenters. The van der Waals surface area contributed by atoms with Crippen LogP contribution in [0.25, 0.3) is 0 Å². The van der Waals surface area contributed by atoms with Gasteiger partial charge in [0.25, 0.3) is 0 Å². The summed E-state index contributed by atoms with van der Waals surface area (Å²) in [5.74, 6) is 0. The number of aromatic nitrogens is 2. The predicted molar refractivity (Wildman–Crippen MR) is 72.5 cm³/mol. The SMILES string of the molecule is CCc1cc(C(NC)c2csc(C)c2)n(C)n1. The average molecular weight is 249 g/mol. The Bertz CT molecular complexity index is 498. The van der Waals surface area contributed by atoms with Crippen molar-refractivity contribution in [2.45, 2.75) is 26.3 Å². The highest BCUT2D eigenvalue weighted by atomic mass is 32.1. The molecule has 0 aliphatic heterocycles. The third-order valence-corrected chi connectivity index (χ3v) is 3.88. The fourth-order valence-electron chi connectivity index (χ4n) is 2.09. The lowest BCUT2D eigenvalue weighted by Crippen LogP contribution is -2.19. The van der Waals surface area contributed by atoms with Crippen LogP contribution in [0.15, 0.2) is 17.5 Å². The highest BCUT2D eigenvalue weighted by Crippen LogP contribution is 2.26. The highest BCUT2D eigenvalue weighted by molar-refractivity contribution is 7.10. The van der Waals surface area contributed by atoms with Gasteiger partial charge in [0.15, 0.2) is 0 Å². The summed E-state index contributed by atoms with van der Waals surface area (Å²) >= 11 is 1.79. The molecule has 3 nitrogen and oxygen atoms in total. The van der Waals surface area contributed by atoms with Crippen LogP contribution in [-0.4, -0.2) is 16.8 Å². The summed E-state index contributed by atoms with van der Waals surface area (Å²) in [5.41, 5.74) is 3.69. The summed E-state index contributed by atoms with van der Waals surface area (Å²) in [6.07, 6.45) is 0.979. The van der Waals surface area contributed by atoms with Crippen LogP contribution in [0.5, 0.6) is 0 Å². The minimum Gasteiger partial charge on any atom is -0.308 e. The smallest absolute Gasteiger partial charge is 0.0754 e. The van der Waals surface area contributed by atoms with Crippen molar-refractivity contribution in [2.24, 2.45) is 7.05 Å². The quantitative estimate of drug-likeness (QED) is 0.903. The first-order valence-corrected chi connectivity index (χ1v) is 6.78. The van der Waals surface area contributed by atoms with E-state index in [1.807, 2.05) is 18.8 Å². The Morgan fingerprint density at radius 2 is 2.24 bits per heavy atom. The van der Waals surface area contributed by atoms with Crippen LogP contribution < -0.4 is 5.32 Å². The zero-order valence-electron chi connectivity index (χ0n) is 10.8. The maximum Gasteiger partial charge on any atom is 0.0754 e. The Balaban J connectivity index is 2.37. The van der Waals surface area contributed by atoms with Crippen LogP contribution in [0.3, 0.4) is 0 Å². The molecule has 1 unspecified atom stereocenters. The van der Waals surface area contributed by atoms with Gasteiger partial charge in [0.2, 0.25) is 0 Å². The second kappa shape index (κ2) is 5.02. The third-order valence-electron chi connectivity index (χ3n) is 3.00. The van der Waals surface area contributed by atoms with Crippen LogP contribution in [0.1, 0.15) is 34.8 Å². The van der Waals surface area contributed by atoms with E-state index in [1.54, 1.807) is 11.3 Å². The minimum absolute atomic E-state index is 0.234. The molecule has 17 heavy (non-hydrogen) atoms. The molecule has 0 spiro atoms. The van der Waals surface area contributed by atoms with E-state index in [4.69, 9.17) is 0 Å². The summed E-state index contributed by atoms with van der Waals surface area (Å²) in [7, 11) is 4.01. The molecule has 2 aromatic rings. The molecular formula is C13H19N3S. The van der Waals surface area contributed by atoms with Crippen molar-refractivity contribution in [1.82, 2.24) is 15.1 Å². The number of thiophene rings is 1. The van der Waals surface area contributed by atoms with Crippen LogP contribution in [0, 0.1) is 6.92 Å². The molecule has 0 aromatic carbocycles. The number of nitrogens with zero attached hydrogens (tertiary/aromatic N) is 2. The first-order valence-electron chi connectivity index (χ1n) is 5.90. The van der Waals surface area contributed by atoms with Gasteiger partial charge in [-0.25, -0.2) is 0 Å². The van der Waals surface area contributed by atoms with E-state index in [1.165, 1.54) is 16.1 Å². The summed E-state index contributed by atoms with van der Waals surface area (Å²) in [5, 5.41) is 10.1. The van der Waals surface area contributed by atoms with Gasteiger partial charge in [-0.3, -0.25) is 4.68 Å². The van der Waals surface area contributed by atoms with Gasteiger partial charge in [0.1, 0.15) is 0 Å². The van der Waals surface area contributed by atoms with Crippen LogP contribution in [-0.2, 0) is 13.5 Å². The van der Waals surface area contributed by atoms with E-state index < -0.39 is 0 Å². The lowest BCUT2D eigenvalue weighted by Gasteiger charge is -2.15. The molecule has 2 heterocycles. The van der Waals surface area contributed by atoms with Gasteiger partial charge >= 0.3 is 0 Å². The topological polar surface area (TPSA) is 29.9 Å². The third kappa shape index (κ3) is 2.42. The molecule has 2 aromatic heterocycles. The van der Waals surface area contributed by atoms with Gasteiger partial charge in [-0.05, 0) is 43.5 Å². The molecule has 0 radical (unpaired) electrons. The monoisotopic (exact) mass is 249 g/mol. The lowest BCUT2D eigenvalue weighted by atomic mass is 10.1. The zero-order valence-corrected chi connectivity index (χ0v) is 11.6. The summed E-state index contributed by atoms with van der Waals surface area (Å²) in [4.78, 5) is 1.35. The van der Waals surface area contributed by atoms with Crippen LogP contribution in [0.4, 0.5) is 0 Å². The van der Waals surface area contributed by atoms with Gasteiger partial charge in [-0.1, -0.05) is 6.92 Å². The standard InChI is InChI=1S/C13H19N3S/c1-5-11-7-12(16(4)15-11)13(14-3)10-6-9(2)17-8-10/h6-8,13-14H,5H2,1-4H3. The van der Waals surface area contributed by atoms with Gasteiger partial charge < -0.3 is 5.32 Å². The number of hydrogen-bond donors (Lipinski definition) is 1. The molecule has 1 N–H and O–H groups in total. The second-order valence-corrected chi connectivity index (χ2v) is 5.37. The van der Waals surface area contributed by atoms with E-state index in [-0.39, 0.29) is 6.04 Å². The van der Waals surface area contributed by atoms with E-state index in [9.17, 15) is 0 Å². The van der Waals surface area contributed by atoms with Crippen molar-refractivity contribution < 1.29 is 0 Å². The normalized spacial score (nSPS) is 12.9. The van der Waals surface area contributed by atoms with Gasteiger partial charge in [-0.2, -0.15) is 5.10 Å². The van der Waals surface area contributed by atoms with Crippen molar-refractivity contribution in [3.63, 3.8) is 0 Å². The van der Waals surface area contributed by atoms with Crippen molar-refractivity contribution in [2.75, 3.05) is 7.05 Å². The Morgan fingerprint density at radius 1 is 1.47 bits per heavy atom. The number of aryl methyl sites for hydroxylation is 3. The van der Waals surface area contributed by atoms with Crippen molar-refractivity contribution in [3.05, 3.63) is 39.3 Å². The molecule has 0 aliphatic carbocycles. The fourth-order valence-corrected chi connectivity index (χ4v) is 2.82. The average Bonchev–Trinajstić information content (AvgIpc) is 2.88. The largest absolute Gasteiger partial charge is 0.308 e. The van der Waals surface area contributed by atoms with E-state index in [2.05, 4.69) is 41.8 Å². The minimum atomic E-state index is 0.234. The molecule has 4 heteroatoms. The van der Waals surface area contributed by atoms with E-state index in [0.717, 1.165) is 12.1 Å². The first kappa shape index (κ1) is 12.3. The van der Waals surface area contributed by atoms with E-state index in [0.29, 0.717) is 0 Å². The molecule has 0 amide bonds. The lowest BCUT2D eigenvalue weighted by molar-refractivity contribution is 0.605. The summed E-state index contributed by atoms with van der Waals surface area (Å²) < 4.78 is 1.98. The number of nitrogens with one attached hydrogen (secondary N) is 1. The molecule has 2 rings (SSSR count). The summed E-state index contributed by atoms with van der Waals surface area (Å²) in [6.45, 7) is 4.27. The van der Waals surface area contributed by atoms with Gasteiger partial charge in [0.05, 0.1) is 17.4 Å². The molecule has 0 aliphatic rings. The highest BCUT2D eigenvalue weighted by Gasteiger charge is 2.17. The van der Waals surface area contributed by atoms with Crippen molar-refractivity contribution >= 4 is 11.3 Å². The summed E-state index contributed by atoms with van der Waals surface area (Å²) in [6, 6.07) is 4.66. The van der Waals surface area contributed by atoms with Gasteiger partial charge in [0, 0.05) is 11.9 Å². The molecule has 0 saturated heterocycles. The van der Waals surface area contributed by atoms with Gasteiger partial charge in [-0.15, -0.1) is 11.3 Å². The molecule has 0 bridgehead atoms. The predicted octanol–water partition coefficient (Wildman–Crippen LogP) is 2.66. The van der Waals surface area contributed by atoms with Crippen molar-refractivity contribution in [3.8, 4) is 0 Å². The second-order valence-electron chi connectivity index (χ2n) is 4.25. The van der Waals surface area contributed by atoms with Crippen molar-refractivity contribution in [1.29, 1.82) is 0 Å². The number of hydrogen-bond acceptors (Lipinski definition) is 3. The Hall–Kier alpha value is -1.13. The number of rotatable bonds is 4. The zero-order chi connectivity index (χ0) is 12.4. The first-order chi connectivity index (χ1) is 8.15. The molecule has 92 valence electrons. The molecule has 0 saturated carbocycles. The Morgan fingerprint density at radius 3 is 2.71 bits per heavy atom. The van der Waals surface area contributed by atoms with E-state index >= 15 is 0 Å². The Labute approximate surface area is 106 Å². The fraction of sp³-hybridized carbons (Fsp3) is 0.462. The molecule has 0 fully saturated rings. The Kier molecular flexibility index (Phi) is 3.64. The molecular weight excluding hydrogens is 230 g/mol. The van der Waals surface area contributed by atoms with Crippen LogP contribution >= 0.6 is 11.3 Å².